The summed E-state index contributed by atoms with van der Waals surface area (Å²) in [4.78, 5) is 16.0. The molecule has 1 heterocycles. The number of anilines is 1. The fourth-order valence-corrected chi connectivity index (χ4v) is 2.10. The van der Waals surface area contributed by atoms with Gasteiger partial charge < -0.3 is 15.4 Å². The van der Waals surface area contributed by atoms with E-state index in [1.807, 2.05) is 30.3 Å². The number of amidine groups is 1. The van der Waals surface area contributed by atoms with Gasteiger partial charge in [-0.1, -0.05) is 18.2 Å². The number of rotatable bonds is 4. The van der Waals surface area contributed by atoms with E-state index in [1.165, 1.54) is 0 Å². The van der Waals surface area contributed by atoms with E-state index >= 15 is 0 Å². The molecule has 2 rings (SSSR count). The van der Waals surface area contributed by atoms with Gasteiger partial charge in [-0.3, -0.25) is 10.3 Å². The average Bonchev–Trinajstić information content (AvgIpc) is 2.49. The highest BCUT2D eigenvalue weighted by molar-refractivity contribution is 5.93. The van der Waals surface area contributed by atoms with Gasteiger partial charge >= 0.3 is 6.03 Å². The molecule has 0 unspecified atom stereocenters. The van der Waals surface area contributed by atoms with Crippen LogP contribution in [0, 0.1) is 5.41 Å². The zero-order chi connectivity index (χ0) is 14.4. The Morgan fingerprint density at radius 1 is 1.30 bits per heavy atom. The summed E-state index contributed by atoms with van der Waals surface area (Å²) in [5.41, 5.74) is 6.23. The number of ether oxygens (including phenoxy) is 1. The first-order valence-electron chi connectivity index (χ1n) is 6.70. The molecule has 1 aliphatic rings. The van der Waals surface area contributed by atoms with Gasteiger partial charge in [-0.05, 0) is 12.1 Å². The normalized spacial score (nSPS) is 14.9. The highest BCUT2D eigenvalue weighted by Crippen LogP contribution is 2.16. The first-order chi connectivity index (χ1) is 9.68. The predicted octanol–water partition coefficient (Wildman–Crippen LogP) is 1.27. The molecule has 0 atom stereocenters. The van der Waals surface area contributed by atoms with Gasteiger partial charge in [0, 0.05) is 31.7 Å². The second kappa shape index (κ2) is 6.91. The number of nitrogens with zero attached hydrogens (tertiary/aromatic N) is 2. The lowest BCUT2D eigenvalue weighted by Gasteiger charge is -2.33. The monoisotopic (exact) mass is 276 g/mol. The fourth-order valence-electron chi connectivity index (χ4n) is 2.10. The number of nitrogens with one attached hydrogen (secondary N) is 1. The molecule has 3 N–H and O–H groups in total. The standard InChI is InChI=1S/C14H20N4O2/c15-13(16)6-7-18(12-4-2-1-3-5-12)14(19)17-8-10-20-11-9-17/h1-5H,6-11H2,(H3,15,16). The van der Waals surface area contributed by atoms with Crippen LogP contribution in [0.2, 0.25) is 0 Å². The minimum Gasteiger partial charge on any atom is -0.388 e. The van der Waals surface area contributed by atoms with E-state index < -0.39 is 0 Å². The van der Waals surface area contributed by atoms with E-state index in [4.69, 9.17) is 15.9 Å². The van der Waals surface area contributed by atoms with Gasteiger partial charge in [0.2, 0.25) is 0 Å². The number of hydrogen-bond donors (Lipinski definition) is 2. The predicted molar refractivity (Wildman–Crippen MR) is 78.1 cm³/mol. The number of carbonyl (C=O) groups is 1. The van der Waals surface area contributed by atoms with E-state index in [2.05, 4.69) is 0 Å². The van der Waals surface area contributed by atoms with Crippen molar-refractivity contribution in [3.63, 3.8) is 0 Å². The smallest absolute Gasteiger partial charge is 0.324 e. The highest BCUT2D eigenvalue weighted by Gasteiger charge is 2.23. The third-order valence-electron chi connectivity index (χ3n) is 3.19. The molecule has 0 aliphatic carbocycles. The van der Waals surface area contributed by atoms with Crippen molar-refractivity contribution in [2.75, 3.05) is 37.7 Å². The molecular weight excluding hydrogens is 256 g/mol. The summed E-state index contributed by atoms with van der Waals surface area (Å²) in [6, 6.07) is 9.41. The lowest BCUT2D eigenvalue weighted by molar-refractivity contribution is 0.0549. The first kappa shape index (κ1) is 14.3. The molecule has 1 aromatic rings. The summed E-state index contributed by atoms with van der Waals surface area (Å²) in [7, 11) is 0. The SMILES string of the molecule is N=C(N)CCN(C(=O)N1CCOCC1)c1ccccc1. The van der Waals surface area contributed by atoms with Crippen LogP contribution in [0.3, 0.4) is 0 Å². The van der Waals surface area contributed by atoms with Gasteiger partial charge in [0.1, 0.15) is 0 Å². The number of morpholine rings is 1. The van der Waals surface area contributed by atoms with Crippen molar-refractivity contribution in [3.05, 3.63) is 30.3 Å². The summed E-state index contributed by atoms with van der Waals surface area (Å²) >= 11 is 0. The van der Waals surface area contributed by atoms with Crippen LogP contribution in [0.5, 0.6) is 0 Å². The van der Waals surface area contributed by atoms with Crippen LogP contribution in [0.4, 0.5) is 10.5 Å². The molecule has 1 fully saturated rings. The van der Waals surface area contributed by atoms with Gasteiger partial charge in [-0.2, -0.15) is 0 Å². The van der Waals surface area contributed by atoms with Crippen molar-refractivity contribution < 1.29 is 9.53 Å². The second-order valence-electron chi connectivity index (χ2n) is 4.64. The largest absolute Gasteiger partial charge is 0.388 e. The van der Waals surface area contributed by atoms with E-state index in [-0.39, 0.29) is 11.9 Å². The van der Waals surface area contributed by atoms with E-state index in [1.54, 1.807) is 9.80 Å². The quantitative estimate of drug-likeness (QED) is 0.641. The Balaban J connectivity index is 2.12. The van der Waals surface area contributed by atoms with Crippen LogP contribution in [0.1, 0.15) is 6.42 Å². The molecule has 1 aromatic carbocycles. The molecule has 6 heteroatoms. The molecule has 0 saturated carbocycles. The number of hydrogen-bond acceptors (Lipinski definition) is 3. The number of amides is 2. The van der Waals surface area contributed by atoms with Gasteiger partial charge in [0.25, 0.3) is 0 Å². The summed E-state index contributed by atoms with van der Waals surface area (Å²) in [6.07, 6.45) is 0.366. The van der Waals surface area contributed by atoms with E-state index in [9.17, 15) is 4.79 Å². The van der Waals surface area contributed by atoms with Crippen molar-refractivity contribution in [1.29, 1.82) is 5.41 Å². The molecule has 108 valence electrons. The number of benzene rings is 1. The molecule has 0 aromatic heterocycles. The Morgan fingerprint density at radius 2 is 1.95 bits per heavy atom. The van der Waals surface area contributed by atoms with Gasteiger partial charge in [-0.25, -0.2) is 4.79 Å². The minimum absolute atomic E-state index is 0.0549. The maximum atomic E-state index is 12.6. The summed E-state index contributed by atoms with van der Waals surface area (Å²) < 4.78 is 5.27. The van der Waals surface area contributed by atoms with Crippen LogP contribution in [-0.2, 0) is 4.74 Å². The van der Waals surface area contributed by atoms with Crippen LogP contribution in [0.25, 0.3) is 0 Å². The topological polar surface area (TPSA) is 82.7 Å². The zero-order valence-electron chi connectivity index (χ0n) is 11.4. The third kappa shape index (κ3) is 3.71. The molecule has 1 aliphatic heterocycles. The number of urea groups is 1. The van der Waals surface area contributed by atoms with Crippen LogP contribution in [-0.4, -0.2) is 49.6 Å². The number of nitrogens with two attached hydrogens (primary N) is 1. The summed E-state index contributed by atoms with van der Waals surface area (Å²) in [5, 5.41) is 7.34. The lowest BCUT2D eigenvalue weighted by atomic mass is 10.2. The summed E-state index contributed by atoms with van der Waals surface area (Å²) in [5.74, 6) is 0.0840. The zero-order valence-corrected chi connectivity index (χ0v) is 11.4. The second-order valence-corrected chi connectivity index (χ2v) is 4.64. The lowest BCUT2D eigenvalue weighted by Crippen LogP contribution is -2.49. The van der Waals surface area contributed by atoms with Gasteiger partial charge in [-0.15, -0.1) is 0 Å². The van der Waals surface area contributed by atoms with Crippen molar-refractivity contribution in [2.24, 2.45) is 5.73 Å². The maximum Gasteiger partial charge on any atom is 0.324 e. The molecule has 1 saturated heterocycles. The van der Waals surface area contributed by atoms with Crippen LogP contribution < -0.4 is 10.6 Å². The maximum absolute atomic E-state index is 12.6. The van der Waals surface area contributed by atoms with Crippen LogP contribution >= 0.6 is 0 Å². The van der Waals surface area contributed by atoms with Crippen molar-refractivity contribution >= 4 is 17.6 Å². The molecule has 0 bridgehead atoms. The molecule has 20 heavy (non-hydrogen) atoms. The first-order valence-corrected chi connectivity index (χ1v) is 6.70. The molecule has 6 nitrogen and oxygen atoms in total. The number of para-hydroxylation sites is 1. The fraction of sp³-hybridized carbons (Fsp3) is 0.429. The summed E-state index contributed by atoms with van der Waals surface area (Å²) in [6.45, 7) is 2.75. The van der Waals surface area contributed by atoms with E-state index in [0.29, 0.717) is 39.3 Å². The molecule has 2 amide bonds. The Hall–Kier alpha value is -2.08. The Labute approximate surface area is 118 Å². The molecule has 0 spiro atoms. The Morgan fingerprint density at radius 3 is 2.55 bits per heavy atom. The number of carbonyl (C=O) groups excluding carboxylic acids is 1. The third-order valence-corrected chi connectivity index (χ3v) is 3.19. The molecular formula is C14H20N4O2. The van der Waals surface area contributed by atoms with Crippen molar-refractivity contribution in [2.45, 2.75) is 6.42 Å². The minimum atomic E-state index is -0.0549. The highest BCUT2D eigenvalue weighted by atomic mass is 16.5. The Bertz CT molecular complexity index is 458. The van der Waals surface area contributed by atoms with Crippen LogP contribution in [0.15, 0.2) is 30.3 Å². The van der Waals surface area contributed by atoms with E-state index in [0.717, 1.165) is 5.69 Å². The molecule has 0 radical (unpaired) electrons. The van der Waals surface area contributed by atoms with Gasteiger partial charge in [0.05, 0.1) is 19.0 Å². The van der Waals surface area contributed by atoms with Crippen molar-refractivity contribution in [1.82, 2.24) is 4.90 Å². The van der Waals surface area contributed by atoms with Crippen molar-refractivity contribution in [3.8, 4) is 0 Å². The van der Waals surface area contributed by atoms with Gasteiger partial charge in [0.15, 0.2) is 0 Å². The Kier molecular flexibility index (Phi) is 4.95. The average molecular weight is 276 g/mol.